The molecule has 0 aromatic heterocycles. The topological polar surface area (TPSA) is 32.6 Å². The minimum atomic E-state index is 0.640. The summed E-state index contributed by atoms with van der Waals surface area (Å²) in [5, 5.41) is 12.5. The number of oxime groups is 1. The van der Waals surface area contributed by atoms with Gasteiger partial charge in [-0.05, 0) is 56.3 Å². The van der Waals surface area contributed by atoms with E-state index in [9.17, 15) is 0 Å². The predicted octanol–water partition coefficient (Wildman–Crippen LogP) is 2.66. The molecule has 0 aromatic rings. The Balaban J connectivity index is 1.95. The van der Waals surface area contributed by atoms with Crippen LogP contribution in [0.5, 0.6) is 0 Å². The maximum Gasteiger partial charge on any atom is 0.0604 e. The molecule has 0 aliphatic heterocycles. The second-order valence-corrected chi connectivity index (χ2v) is 5.27. The summed E-state index contributed by atoms with van der Waals surface area (Å²) in [6.45, 7) is 0. The van der Waals surface area contributed by atoms with Crippen molar-refractivity contribution in [3.63, 3.8) is 0 Å². The molecule has 4 fully saturated rings. The summed E-state index contributed by atoms with van der Waals surface area (Å²) in [7, 11) is 0. The molecule has 72 valence electrons. The van der Waals surface area contributed by atoms with Crippen LogP contribution in [0.25, 0.3) is 0 Å². The number of nitrogens with zero attached hydrogens (tertiary/aromatic N) is 1. The average Bonchev–Trinajstić information content (AvgIpc) is 2.29. The van der Waals surface area contributed by atoms with Crippen LogP contribution in [0.1, 0.15) is 38.5 Å². The summed E-state index contributed by atoms with van der Waals surface area (Å²) >= 11 is 0. The summed E-state index contributed by atoms with van der Waals surface area (Å²) in [6.07, 6.45) is 8.00. The fraction of sp³-hybridized carbons (Fsp3) is 0.909. The molecular weight excluding hydrogens is 162 g/mol. The van der Waals surface area contributed by atoms with Crippen LogP contribution in [0.15, 0.2) is 5.16 Å². The molecule has 4 aliphatic carbocycles. The number of fused-ring (bicyclic) bond motifs is 1. The van der Waals surface area contributed by atoms with Crippen molar-refractivity contribution in [2.45, 2.75) is 38.5 Å². The first-order chi connectivity index (χ1) is 6.35. The van der Waals surface area contributed by atoms with Gasteiger partial charge in [-0.15, -0.1) is 0 Å². The molecule has 1 N–H and O–H groups in total. The van der Waals surface area contributed by atoms with Crippen LogP contribution >= 0.6 is 0 Å². The van der Waals surface area contributed by atoms with Crippen LogP contribution in [0.4, 0.5) is 0 Å². The zero-order valence-electron chi connectivity index (χ0n) is 7.95. The molecule has 0 saturated heterocycles. The first-order valence-electron chi connectivity index (χ1n) is 5.56. The predicted molar refractivity (Wildman–Crippen MR) is 50.9 cm³/mol. The molecule has 0 heterocycles. The third-order valence-corrected chi connectivity index (χ3v) is 4.33. The molecule has 4 saturated carbocycles. The Morgan fingerprint density at radius 3 is 2.15 bits per heavy atom. The van der Waals surface area contributed by atoms with Crippen molar-refractivity contribution in [1.82, 2.24) is 0 Å². The Kier molecular flexibility index (Phi) is 1.64. The normalized spacial score (nSPS) is 51.2. The highest BCUT2D eigenvalue weighted by atomic mass is 16.4. The smallest absolute Gasteiger partial charge is 0.0604 e. The molecule has 4 aliphatic rings. The fourth-order valence-corrected chi connectivity index (χ4v) is 4.01. The van der Waals surface area contributed by atoms with E-state index in [0.717, 1.165) is 29.9 Å². The quantitative estimate of drug-likeness (QED) is 0.450. The van der Waals surface area contributed by atoms with Gasteiger partial charge in [0.1, 0.15) is 0 Å². The number of rotatable bonds is 0. The van der Waals surface area contributed by atoms with Crippen molar-refractivity contribution in [3.8, 4) is 0 Å². The van der Waals surface area contributed by atoms with Gasteiger partial charge in [0.15, 0.2) is 0 Å². The van der Waals surface area contributed by atoms with Gasteiger partial charge in [0.2, 0.25) is 0 Å². The first kappa shape index (κ1) is 7.84. The van der Waals surface area contributed by atoms with Crippen molar-refractivity contribution >= 4 is 5.71 Å². The molecule has 0 radical (unpaired) electrons. The van der Waals surface area contributed by atoms with Crippen LogP contribution in [-0.2, 0) is 0 Å². The molecule has 2 unspecified atom stereocenters. The van der Waals surface area contributed by atoms with E-state index < -0.39 is 0 Å². The van der Waals surface area contributed by atoms with E-state index in [2.05, 4.69) is 5.16 Å². The van der Waals surface area contributed by atoms with Crippen molar-refractivity contribution in [3.05, 3.63) is 0 Å². The van der Waals surface area contributed by atoms with Gasteiger partial charge in [0.25, 0.3) is 0 Å². The van der Waals surface area contributed by atoms with Crippen LogP contribution in [0, 0.1) is 23.7 Å². The molecule has 0 aromatic carbocycles. The van der Waals surface area contributed by atoms with E-state index in [1.807, 2.05) is 0 Å². The van der Waals surface area contributed by atoms with Gasteiger partial charge in [-0.2, -0.15) is 0 Å². The van der Waals surface area contributed by atoms with Gasteiger partial charge in [-0.3, -0.25) is 0 Å². The molecule has 0 spiro atoms. The van der Waals surface area contributed by atoms with Gasteiger partial charge in [0.05, 0.1) is 5.71 Å². The van der Waals surface area contributed by atoms with Crippen LogP contribution in [0.2, 0.25) is 0 Å². The van der Waals surface area contributed by atoms with E-state index >= 15 is 0 Å². The minimum Gasteiger partial charge on any atom is -0.411 e. The van der Waals surface area contributed by atoms with Gasteiger partial charge in [-0.1, -0.05) is 5.16 Å². The van der Waals surface area contributed by atoms with E-state index in [1.54, 1.807) is 0 Å². The minimum absolute atomic E-state index is 0.640. The maximum atomic E-state index is 8.95. The van der Waals surface area contributed by atoms with E-state index in [0.29, 0.717) is 5.92 Å². The number of hydrogen-bond donors (Lipinski definition) is 1. The lowest BCUT2D eigenvalue weighted by atomic mass is 9.68. The van der Waals surface area contributed by atoms with E-state index in [-0.39, 0.29) is 0 Å². The second kappa shape index (κ2) is 2.73. The third kappa shape index (κ3) is 1.18. The third-order valence-electron chi connectivity index (χ3n) is 4.33. The summed E-state index contributed by atoms with van der Waals surface area (Å²) in [5.74, 6) is 3.41. The highest BCUT2D eigenvalue weighted by Gasteiger charge is 2.42. The summed E-state index contributed by atoms with van der Waals surface area (Å²) in [4.78, 5) is 0. The van der Waals surface area contributed by atoms with Crippen LogP contribution < -0.4 is 0 Å². The lowest BCUT2D eigenvalue weighted by molar-refractivity contribution is 0.139. The highest BCUT2D eigenvalue weighted by Crippen LogP contribution is 2.50. The molecular formula is C11H17NO. The molecule has 4 rings (SSSR count). The summed E-state index contributed by atoms with van der Waals surface area (Å²) in [6, 6.07) is 0. The molecule has 2 heteroatoms. The van der Waals surface area contributed by atoms with Gasteiger partial charge in [0, 0.05) is 5.92 Å². The average molecular weight is 179 g/mol. The molecule has 13 heavy (non-hydrogen) atoms. The van der Waals surface area contributed by atoms with Gasteiger partial charge < -0.3 is 5.21 Å². The molecule has 4 atom stereocenters. The standard InChI is InChI=1S/C11H17NO/c13-12-11-6-9-2-7-1-8(3-9)5-10(11)4-7/h7-10,13H,1-6H2/b12-11-/t7-,8+,9?,10?. The van der Waals surface area contributed by atoms with Gasteiger partial charge >= 0.3 is 0 Å². The van der Waals surface area contributed by atoms with Crippen LogP contribution in [-0.4, -0.2) is 10.9 Å². The molecule has 2 nitrogen and oxygen atoms in total. The van der Waals surface area contributed by atoms with Crippen LogP contribution in [0.3, 0.4) is 0 Å². The first-order valence-corrected chi connectivity index (χ1v) is 5.56. The van der Waals surface area contributed by atoms with E-state index in [4.69, 9.17) is 5.21 Å². The lowest BCUT2D eigenvalue weighted by Gasteiger charge is -2.37. The lowest BCUT2D eigenvalue weighted by Crippen LogP contribution is -2.28. The monoisotopic (exact) mass is 179 g/mol. The van der Waals surface area contributed by atoms with Crippen molar-refractivity contribution in [1.29, 1.82) is 0 Å². The Morgan fingerprint density at radius 2 is 1.54 bits per heavy atom. The zero-order valence-corrected chi connectivity index (χ0v) is 7.95. The van der Waals surface area contributed by atoms with Crippen molar-refractivity contribution in [2.24, 2.45) is 28.8 Å². The Bertz CT molecular complexity index is 234. The van der Waals surface area contributed by atoms with Crippen molar-refractivity contribution in [2.75, 3.05) is 0 Å². The molecule has 4 bridgehead atoms. The van der Waals surface area contributed by atoms with Gasteiger partial charge in [-0.25, -0.2) is 0 Å². The Hall–Kier alpha value is -0.530. The summed E-state index contributed by atoms with van der Waals surface area (Å²) in [5.41, 5.74) is 1.12. The summed E-state index contributed by atoms with van der Waals surface area (Å²) < 4.78 is 0. The molecule has 0 amide bonds. The SMILES string of the molecule is O/N=C1/CC2C[C@@H]3CC1C[C@H](C2)C3. The zero-order chi connectivity index (χ0) is 8.84. The maximum absolute atomic E-state index is 8.95. The van der Waals surface area contributed by atoms with Crippen molar-refractivity contribution < 1.29 is 5.21 Å². The Labute approximate surface area is 79.0 Å². The Morgan fingerprint density at radius 1 is 0.923 bits per heavy atom. The highest BCUT2D eigenvalue weighted by molar-refractivity contribution is 5.87. The second-order valence-electron chi connectivity index (χ2n) is 5.27. The number of hydrogen-bond acceptors (Lipinski definition) is 2. The fourth-order valence-electron chi connectivity index (χ4n) is 4.01. The largest absolute Gasteiger partial charge is 0.411 e. The van der Waals surface area contributed by atoms with E-state index in [1.165, 1.54) is 32.1 Å².